The molecule has 0 bridgehead atoms. The average molecular weight is 508 g/mol. The number of rotatable bonds is 8. The number of hydrogen-bond acceptors (Lipinski definition) is 8. The summed E-state index contributed by atoms with van der Waals surface area (Å²) in [6.07, 6.45) is 3.01. The molecule has 0 saturated carbocycles. The molecule has 188 valence electrons. The molecule has 0 spiro atoms. The van der Waals surface area contributed by atoms with Crippen LogP contribution in [0.15, 0.2) is 24.5 Å². The molecule has 10 nitrogen and oxygen atoms in total. The first kappa shape index (κ1) is 24.0. The number of nitrogen functional groups attached to an aromatic ring is 1. The van der Waals surface area contributed by atoms with Crippen LogP contribution in [0.1, 0.15) is 23.2 Å². The highest BCUT2D eigenvalue weighted by atomic mass is 32.1. The Hall–Kier alpha value is -3.70. The number of aryl methyl sites for hydroxylation is 1. The van der Waals surface area contributed by atoms with Crippen LogP contribution in [-0.4, -0.2) is 70.0 Å². The second kappa shape index (κ2) is 9.75. The molecular weight excluding hydrogens is 478 g/mol. The van der Waals surface area contributed by atoms with Crippen molar-refractivity contribution < 1.29 is 14.3 Å². The number of carbonyl (C=O) groups is 2. The van der Waals surface area contributed by atoms with Gasteiger partial charge in [-0.1, -0.05) is 6.07 Å². The zero-order valence-electron chi connectivity index (χ0n) is 20.4. The second-order valence-corrected chi connectivity index (χ2v) is 10.1. The van der Waals surface area contributed by atoms with Crippen LogP contribution in [0.25, 0.3) is 26.0 Å². The molecule has 0 aliphatic carbocycles. The van der Waals surface area contributed by atoms with E-state index in [0.717, 1.165) is 68.1 Å². The molecule has 1 aliphatic rings. The van der Waals surface area contributed by atoms with Gasteiger partial charge in [-0.2, -0.15) is 5.10 Å². The van der Waals surface area contributed by atoms with Crippen molar-refractivity contribution in [3.63, 3.8) is 0 Å². The molecule has 1 aromatic carbocycles. The van der Waals surface area contributed by atoms with E-state index in [1.165, 1.54) is 6.33 Å². The normalized spacial score (nSPS) is 14.6. The third kappa shape index (κ3) is 4.35. The SMILES string of the molecule is COc1cc(C)cc2cc(-c3c(CCC(N)=O)c(CN4CCN(C=O)CC4)n4ncnc(N)c34)sc12. The molecule has 0 atom stereocenters. The molecular formula is C25H29N7O3S. The molecule has 1 fully saturated rings. The van der Waals surface area contributed by atoms with E-state index in [1.807, 2.05) is 17.5 Å². The van der Waals surface area contributed by atoms with Crippen LogP contribution in [0.3, 0.4) is 0 Å². The highest BCUT2D eigenvalue weighted by Gasteiger charge is 2.27. The summed E-state index contributed by atoms with van der Waals surface area (Å²) >= 11 is 1.62. The largest absolute Gasteiger partial charge is 0.495 e. The number of hydrogen-bond donors (Lipinski definition) is 2. The monoisotopic (exact) mass is 507 g/mol. The molecule has 11 heteroatoms. The predicted molar refractivity (Wildman–Crippen MR) is 140 cm³/mol. The summed E-state index contributed by atoms with van der Waals surface area (Å²) in [5, 5.41) is 5.65. The maximum absolute atomic E-state index is 11.8. The van der Waals surface area contributed by atoms with Gasteiger partial charge in [-0.05, 0) is 42.0 Å². The Balaban J connectivity index is 1.70. The van der Waals surface area contributed by atoms with Gasteiger partial charge in [-0.25, -0.2) is 9.50 Å². The van der Waals surface area contributed by atoms with Crippen molar-refractivity contribution in [3.05, 3.63) is 41.3 Å². The molecule has 36 heavy (non-hydrogen) atoms. The molecule has 0 radical (unpaired) electrons. The second-order valence-electron chi connectivity index (χ2n) is 9.09. The van der Waals surface area contributed by atoms with Crippen molar-refractivity contribution in [2.24, 2.45) is 5.73 Å². The first-order chi connectivity index (χ1) is 17.4. The minimum atomic E-state index is -0.366. The third-order valence-electron chi connectivity index (χ3n) is 6.70. The Morgan fingerprint density at radius 2 is 2.00 bits per heavy atom. The number of methoxy groups -OCH3 is 1. The molecule has 4 heterocycles. The quantitative estimate of drug-likeness (QED) is 0.350. The topological polar surface area (TPSA) is 132 Å². The van der Waals surface area contributed by atoms with E-state index >= 15 is 0 Å². The van der Waals surface area contributed by atoms with Crippen LogP contribution in [0, 0.1) is 6.92 Å². The predicted octanol–water partition coefficient (Wildman–Crippen LogP) is 2.20. The van der Waals surface area contributed by atoms with Gasteiger partial charge in [-0.3, -0.25) is 14.5 Å². The average Bonchev–Trinajstić information content (AvgIpc) is 3.42. The lowest BCUT2D eigenvalue weighted by atomic mass is 10.0. The molecule has 4 aromatic rings. The zero-order valence-corrected chi connectivity index (χ0v) is 21.2. The van der Waals surface area contributed by atoms with E-state index in [2.05, 4.69) is 27.1 Å². The molecule has 0 unspecified atom stereocenters. The summed E-state index contributed by atoms with van der Waals surface area (Å²) in [6.45, 7) is 5.48. The Kier molecular flexibility index (Phi) is 6.50. The minimum absolute atomic E-state index is 0.205. The molecule has 4 N–H and O–H groups in total. The number of piperazine rings is 1. The number of thiophene rings is 1. The van der Waals surface area contributed by atoms with Gasteiger partial charge in [-0.15, -0.1) is 11.3 Å². The van der Waals surface area contributed by atoms with Crippen LogP contribution in [-0.2, 0) is 22.6 Å². The maximum Gasteiger partial charge on any atom is 0.217 e. The number of carbonyl (C=O) groups excluding carboxylic acids is 2. The van der Waals surface area contributed by atoms with E-state index in [0.29, 0.717) is 31.9 Å². The highest BCUT2D eigenvalue weighted by molar-refractivity contribution is 7.22. The van der Waals surface area contributed by atoms with Crippen LogP contribution in [0.2, 0.25) is 0 Å². The molecule has 5 rings (SSSR count). The fourth-order valence-electron chi connectivity index (χ4n) is 4.94. The van der Waals surface area contributed by atoms with E-state index in [-0.39, 0.29) is 12.3 Å². The van der Waals surface area contributed by atoms with E-state index in [9.17, 15) is 9.59 Å². The maximum atomic E-state index is 11.8. The number of benzene rings is 1. The van der Waals surface area contributed by atoms with Crippen LogP contribution >= 0.6 is 11.3 Å². The van der Waals surface area contributed by atoms with E-state index in [1.54, 1.807) is 23.3 Å². The summed E-state index contributed by atoms with van der Waals surface area (Å²) in [4.78, 5) is 32.4. The minimum Gasteiger partial charge on any atom is -0.495 e. The fourth-order valence-corrected chi connectivity index (χ4v) is 6.15. The van der Waals surface area contributed by atoms with Crippen LogP contribution in [0.4, 0.5) is 5.82 Å². The van der Waals surface area contributed by atoms with Crippen molar-refractivity contribution >= 4 is 45.1 Å². The lowest BCUT2D eigenvalue weighted by Crippen LogP contribution is -2.45. The molecule has 3 aromatic heterocycles. The van der Waals surface area contributed by atoms with Crippen molar-refractivity contribution in [1.29, 1.82) is 0 Å². The van der Waals surface area contributed by atoms with Gasteiger partial charge in [0.15, 0.2) is 5.82 Å². The van der Waals surface area contributed by atoms with E-state index in [4.69, 9.17) is 16.2 Å². The summed E-state index contributed by atoms with van der Waals surface area (Å²) in [7, 11) is 1.67. The third-order valence-corrected chi connectivity index (χ3v) is 7.89. The number of aromatic nitrogens is 3. The number of fused-ring (bicyclic) bond motifs is 2. The van der Waals surface area contributed by atoms with Crippen LogP contribution < -0.4 is 16.2 Å². The standard InChI is InChI=1S/C25H29N7O3S/c1-15-9-16-11-20(36-24(16)19(10-15)35-2)22-17(3-4-21(26)34)18(32-23(22)25(27)28-13-29-32)12-30-5-7-31(14-33)8-6-30/h9-11,13-14H,3-8,12H2,1-2H3,(H2,26,34)(H2,27,28,29). The van der Waals surface area contributed by atoms with Gasteiger partial charge >= 0.3 is 0 Å². The number of ether oxygens (including phenoxy) is 1. The Morgan fingerprint density at radius 3 is 2.69 bits per heavy atom. The number of anilines is 1. The smallest absolute Gasteiger partial charge is 0.217 e. The van der Waals surface area contributed by atoms with Crippen LogP contribution in [0.5, 0.6) is 5.75 Å². The van der Waals surface area contributed by atoms with Crippen molar-refractivity contribution in [2.75, 3.05) is 39.0 Å². The van der Waals surface area contributed by atoms with E-state index < -0.39 is 0 Å². The highest BCUT2D eigenvalue weighted by Crippen LogP contribution is 2.44. The molecule has 2 amide bonds. The lowest BCUT2D eigenvalue weighted by Gasteiger charge is -2.32. The van der Waals surface area contributed by atoms with Crippen molar-refractivity contribution in [3.8, 4) is 16.2 Å². The van der Waals surface area contributed by atoms with Gasteiger partial charge in [0.1, 0.15) is 17.6 Å². The van der Waals surface area contributed by atoms with Gasteiger partial charge in [0, 0.05) is 49.6 Å². The lowest BCUT2D eigenvalue weighted by molar-refractivity contribution is -0.120. The summed E-state index contributed by atoms with van der Waals surface area (Å²) in [5.74, 6) is 0.827. The Bertz CT molecular complexity index is 1450. The molecule has 1 saturated heterocycles. The van der Waals surface area contributed by atoms with Gasteiger partial charge in [0.2, 0.25) is 12.3 Å². The number of nitrogens with zero attached hydrogens (tertiary/aromatic N) is 5. The zero-order chi connectivity index (χ0) is 25.4. The van der Waals surface area contributed by atoms with Gasteiger partial charge in [0.25, 0.3) is 0 Å². The number of primary amides is 1. The Labute approximate surface area is 212 Å². The fraction of sp³-hybridized carbons (Fsp3) is 0.360. The van der Waals surface area contributed by atoms with Gasteiger partial charge in [0.05, 0.1) is 17.5 Å². The number of amides is 2. The first-order valence-corrected chi connectivity index (χ1v) is 12.6. The van der Waals surface area contributed by atoms with Crippen molar-refractivity contribution in [1.82, 2.24) is 24.4 Å². The number of nitrogens with two attached hydrogens (primary N) is 2. The summed E-state index contributed by atoms with van der Waals surface area (Å²) in [6, 6.07) is 6.29. The summed E-state index contributed by atoms with van der Waals surface area (Å²) < 4.78 is 8.56. The molecule has 1 aliphatic heterocycles. The first-order valence-electron chi connectivity index (χ1n) is 11.8. The summed E-state index contributed by atoms with van der Waals surface area (Å²) in [5.41, 5.74) is 16.7. The van der Waals surface area contributed by atoms with Crippen molar-refractivity contribution in [2.45, 2.75) is 26.3 Å². The Morgan fingerprint density at radius 1 is 1.22 bits per heavy atom. The van der Waals surface area contributed by atoms with Gasteiger partial charge < -0.3 is 21.1 Å².